The van der Waals surface area contributed by atoms with E-state index in [1.807, 2.05) is 0 Å². The zero-order valence-corrected chi connectivity index (χ0v) is 15.7. The van der Waals surface area contributed by atoms with E-state index in [2.05, 4.69) is 10.1 Å². The van der Waals surface area contributed by atoms with Gasteiger partial charge in [0.15, 0.2) is 5.69 Å². The molecule has 2 heterocycles. The molecule has 11 heteroatoms. The normalized spacial score (nSPS) is 16.1. The Morgan fingerprint density at radius 3 is 2.48 bits per heavy atom. The number of ether oxygens (including phenoxy) is 1. The molecule has 0 radical (unpaired) electrons. The van der Waals surface area contributed by atoms with E-state index in [1.54, 1.807) is 7.05 Å². The highest BCUT2D eigenvalue weighted by molar-refractivity contribution is 7.15. The standard InChI is InChI=1S/C13H13F2N3O2S.C3H7BO2/c1-18-9(13(19)20-2)7(5-16-18)12-17-8(11(14)15)10(21-12)6-3-4-6;5-4(6)3-1-2-3/h5-6,11H,3-4H2,1-2H3;3,5-6H,1-2H2. The first-order valence-electron chi connectivity index (χ1n) is 8.59. The Balaban J connectivity index is 0.000000299. The molecule has 2 aliphatic carbocycles. The monoisotopic (exact) mass is 399 g/mol. The van der Waals surface area contributed by atoms with E-state index in [9.17, 15) is 13.6 Å². The van der Waals surface area contributed by atoms with Crippen molar-refractivity contribution in [3.63, 3.8) is 0 Å². The van der Waals surface area contributed by atoms with Crippen LogP contribution in [0.4, 0.5) is 8.78 Å². The Kier molecular flexibility index (Phi) is 5.92. The van der Waals surface area contributed by atoms with Crippen LogP contribution < -0.4 is 0 Å². The Morgan fingerprint density at radius 1 is 1.37 bits per heavy atom. The highest BCUT2D eigenvalue weighted by atomic mass is 32.1. The van der Waals surface area contributed by atoms with Gasteiger partial charge in [-0.15, -0.1) is 11.3 Å². The number of methoxy groups -OCH3 is 1. The summed E-state index contributed by atoms with van der Waals surface area (Å²) < 4.78 is 32.3. The molecule has 7 nitrogen and oxygen atoms in total. The van der Waals surface area contributed by atoms with E-state index < -0.39 is 19.5 Å². The number of carbonyl (C=O) groups is 1. The molecule has 0 unspecified atom stereocenters. The van der Waals surface area contributed by atoms with Crippen LogP contribution in [0.3, 0.4) is 0 Å². The van der Waals surface area contributed by atoms with E-state index in [4.69, 9.17) is 14.8 Å². The molecule has 146 valence electrons. The third-order valence-electron chi connectivity index (χ3n) is 4.43. The summed E-state index contributed by atoms with van der Waals surface area (Å²) in [6.45, 7) is 0. The number of nitrogens with zero attached hydrogens (tertiary/aromatic N) is 3. The minimum Gasteiger partial charge on any atom is -0.464 e. The number of aromatic nitrogens is 3. The molecule has 2 N–H and O–H groups in total. The van der Waals surface area contributed by atoms with Crippen molar-refractivity contribution in [1.82, 2.24) is 14.8 Å². The predicted molar refractivity (Wildman–Crippen MR) is 95.8 cm³/mol. The molecular formula is C16H20BF2N3O4S. The van der Waals surface area contributed by atoms with Gasteiger partial charge >= 0.3 is 13.1 Å². The Morgan fingerprint density at radius 2 is 2.04 bits per heavy atom. The number of aryl methyl sites for hydroxylation is 1. The lowest BCUT2D eigenvalue weighted by Crippen LogP contribution is -2.09. The first kappa shape index (κ1) is 19.9. The van der Waals surface area contributed by atoms with E-state index in [0.29, 0.717) is 15.4 Å². The number of esters is 1. The average Bonchev–Trinajstić information content (AvgIpc) is 3.55. The van der Waals surface area contributed by atoms with Gasteiger partial charge < -0.3 is 14.8 Å². The minimum atomic E-state index is -2.61. The van der Waals surface area contributed by atoms with Gasteiger partial charge in [-0.2, -0.15) is 5.10 Å². The number of carbonyl (C=O) groups excluding carboxylic acids is 1. The van der Waals surface area contributed by atoms with Gasteiger partial charge in [-0.1, -0.05) is 12.8 Å². The van der Waals surface area contributed by atoms with E-state index in [-0.39, 0.29) is 23.1 Å². The molecule has 4 rings (SSSR count). The number of alkyl halides is 2. The second-order valence-corrected chi connectivity index (χ2v) is 7.65. The molecule has 0 aliphatic heterocycles. The van der Waals surface area contributed by atoms with Crippen LogP contribution in [0.5, 0.6) is 0 Å². The third kappa shape index (κ3) is 4.53. The summed E-state index contributed by atoms with van der Waals surface area (Å²) in [4.78, 5) is 16.5. The molecule has 2 aromatic rings. The largest absolute Gasteiger partial charge is 0.464 e. The van der Waals surface area contributed by atoms with Crippen molar-refractivity contribution in [2.45, 2.75) is 43.8 Å². The molecule has 0 saturated heterocycles. The SMILES string of the molecule is COC(=O)c1c(-c2nc(C(F)F)c(C3CC3)s2)cnn1C.OB(O)C1CC1. The van der Waals surface area contributed by atoms with Gasteiger partial charge in [-0.3, -0.25) is 4.68 Å². The number of hydrogen-bond donors (Lipinski definition) is 2. The lowest BCUT2D eigenvalue weighted by molar-refractivity contribution is 0.0589. The average molecular weight is 399 g/mol. The van der Waals surface area contributed by atoms with Crippen molar-refractivity contribution in [2.75, 3.05) is 7.11 Å². The molecule has 2 saturated carbocycles. The minimum absolute atomic E-state index is 0.169. The maximum absolute atomic E-state index is 13.1. The van der Waals surface area contributed by atoms with Crippen molar-refractivity contribution in [2.24, 2.45) is 7.05 Å². The molecule has 0 aromatic carbocycles. The summed E-state index contributed by atoms with van der Waals surface area (Å²) in [5, 5.41) is 20.9. The van der Waals surface area contributed by atoms with Crippen LogP contribution >= 0.6 is 11.3 Å². The zero-order chi connectivity index (χ0) is 19.7. The predicted octanol–water partition coefficient (Wildman–Crippen LogP) is 2.77. The lowest BCUT2D eigenvalue weighted by atomic mass is 9.84. The third-order valence-corrected chi connectivity index (χ3v) is 5.69. The van der Waals surface area contributed by atoms with Gasteiger partial charge in [0.25, 0.3) is 6.43 Å². The van der Waals surface area contributed by atoms with Crippen LogP contribution in [0.1, 0.15) is 59.1 Å². The molecule has 0 amide bonds. The molecule has 2 fully saturated rings. The first-order valence-corrected chi connectivity index (χ1v) is 9.40. The quantitative estimate of drug-likeness (QED) is 0.593. The summed E-state index contributed by atoms with van der Waals surface area (Å²) >= 11 is 1.21. The second-order valence-electron chi connectivity index (χ2n) is 6.62. The molecule has 0 spiro atoms. The van der Waals surface area contributed by atoms with E-state index in [0.717, 1.165) is 25.7 Å². The number of thiazole rings is 1. The fourth-order valence-corrected chi connectivity index (χ4v) is 3.83. The maximum atomic E-state index is 13.1. The molecule has 2 aliphatic rings. The van der Waals surface area contributed by atoms with Gasteiger partial charge in [-0.25, -0.2) is 18.6 Å². The van der Waals surface area contributed by atoms with Gasteiger partial charge in [-0.05, 0) is 24.6 Å². The number of halogens is 2. The molecule has 0 atom stereocenters. The molecular weight excluding hydrogens is 379 g/mol. The first-order chi connectivity index (χ1) is 12.8. The second kappa shape index (κ2) is 8.03. The summed E-state index contributed by atoms with van der Waals surface area (Å²) in [6, 6.07) is 0. The highest BCUT2D eigenvalue weighted by Gasteiger charge is 2.34. The molecule has 0 bridgehead atoms. The Bertz CT molecular complexity index is 799. The number of hydrogen-bond acceptors (Lipinski definition) is 7. The van der Waals surface area contributed by atoms with Crippen LogP contribution in [-0.4, -0.2) is 45.0 Å². The van der Waals surface area contributed by atoms with Crippen LogP contribution in [0.2, 0.25) is 5.82 Å². The fourth-order valence-electron chi connectivity index (χ4n) is 2.58. The van der Waals surface area contributed by atoms with Gasteiger partial charge in [0.05, 0.1) is 18.9 Å². The van der Waals surface area contributed by atoms with Gasteiger partial charge in [0.2, 0.25) is 0 Å². The van der Waals surface area contributed by atoms with Gasteiger partial charge in [0, 0.05) is 11.9 Å². The molecule has 27 heavy (non-hydrogen) atoms. The Hall–Kier alpha value is -1.85. The van der Waals surface area contributed by atoms with E-state index in [1.165, 1.54) is 29.3 Å². The molecule has 2 aromatic heterocycles. The summed E-state index contributed by atoms with van der Waals surface area (Å²) in [6.07, 6.45) is 2.67. The highest BCUT2D eigenvalue weighted by Crippen LogP contribution is 2.48. The van der Waals surface area contributed by atoms with Crippen LogP contribution in [0.25, 0.3) is 10.6 Å². The summed E-state index contributed by atoms with van der Waals surface area (Å²) in [7, 11) is 1.82. The summed E-state index contributed by atoms with van der Waals surface area (Å²) in [5.41, 5.74) is 0.481. The number of rotatable bonds is 5. The smallest absolute Gasteiger partial charge is 0.454 e. The van der Waals surface area contributed by atoms with Crippen molar-refractivity contribution in [3.8, 4) is 10.6 Å². The summed E-state index contributed by atoms with van der Waals surface area (Å²) in [5.74, 6) is -0.171. The van der Waals surface area contributed by atoms with Crippen LogP contribution in [0, 0.1) is 0 Å². The van der Waals surface area contributed by atoms with Gasteiger partial charge in [0.1, 0.15) is 10.7 Å². The van der Waals surface area contributed by atoms with Crippen molar-refractivity contribution in [1.29, 1.82) is 0 Å². The maximum Gasteiger partial charge on any atom is 0.454 e. The van der Waals surface area contributed by atoms with Crippen molar-refractivity contribution < 1.29 is 28.4 Å². The zero-order valence-electron chi connectivity index (χ0n) is 14.9. The van der Waals surface area contributed by atoms with E-state index >= 15 is 0 Å². The Labute approximate surface area is 159 Å². The fraction of sp³-hybridized carbons (Fsp3) is 0.562. The van der Waals surface area contributed by atoms with Crippen LogP contribution in [0.15, 0.2) is 6.20 Å². The van der Waals surface area contributed by atoms with Crippen LogP contribution in [-0.2, 0) is 11.8 Å². The van der Waals surface area contributed by atoms with Crippen molar-refractivity contribution in [3.05, 3.63) is 22.5 Å². The lowest BCUT2D eigenvalue weighted by Gasteiger charge is -2.01. The topological polar surface area (TPSA) is 97.5 Å². The van der Waals surface area contributed by atoms with Crippen molar-refractivity contribution >= 4 is 24.4 Å².